The molecule has 1 atom stereocenters. The number of ketones is 1. The van der Waals surface area contributed by atoms with Crippen molar-refractivity contribution in [2.24, 2.45) is 0 Å². The molecule has 6 heteroatoms. The van der Waals surface area contributed by atoms with Gasteiger partial charge in [-0.2, -0.15) is 0 Å². The Bertz CT molecular complexity index is 597. The summed E-state index contributed by atoms with van der Waals surface area (Å²) in [5.41, 5.74) is 1.95. The molecule has 1 aromatic rings. The highest BCUT2D eigenvalue weighted by Gasteiger charge is 2.29. The molecule has 0 aliphatic carbocycles. The maximum absolute atomic E-state index is 11.7. The highest BCUT2D eigenvalue weighted by Crippen LogP contribution is 2.35. The van der Waals surface area contributed by atoms with E-state index in [9.17, 15) is 9.59 Å². The average Bonchev–Trinajstić information content (AvgIpc) is 2.74. The number of hydrogen-bond acceptors (Lipinski definition) is 4. The summed E-state index contributed by atoms with van der Waals surface area (Å²) >= 11 is 3.49. The van der Waals surface area contributed by atoms with Crippen molar-refractivity contribution in [3.63, 3.8) is 0 Å². The van der Waals surface area contributed by atoms with Crippen LogP contribution in [0.2, 0.25) is 0 Å². The van der Waals surface area contributed by atoms with Gasteiger partial charge in [0.1, 0.15) is 0 Å². The number of halogens is 1. The molecule has 3 rings (SSSR count). The van der Waals surface area contributed by atoms with Gasteiger partial charge >= 0.3 is 0 Å². The minimum absolute atomic E-state index is 0.236. The molecule has 1 aromatic carbocycles. The van der Waals surface area contributed by atoms with Gasteiger partial charge in [0, 0.05) is 24.7 Å². The summed E-state index contributed by atoms with van der Waals surface area (Å²) in [6.45, 7) is 1.62. The van der Waals surface area contributed by atoms with Crippen LogP contribution in [0.4, 0.5) is 11.4 Å². The number of likely N-dealkylation sites (N-methyl/N-ethyl adjacent to an activating group) is 1. The van der Waals surface area contributed by atoms with Crippen LogP contribution in [0.5, 0.6) is 0 Å². The van der Waals surface area contributed by atoms with Gasteiger partial charge in [-0.3, -0.25) is 9.59 Å². The smallest absolute Gasteiger partial charge is 0.296 e. The van der Waals surface area contributed by atoms with Gasteiger partial charge in [-0.15, -0.1) is 0 Å². The van der Waals surface area contributed by atoms with E-state index in [1.165, 1.54) is 6.42 Å². The Labute approximate surface area is 131 Å². The van der Waals surface area contributed by atoms with Crippen LogP contribution in [0.1, 0.15) is 29.6 Å². The van der Waals surface area contributed by atoms with E-state index in [-0.39, 0.29) is 6.10 Å². The van der Waals surface area contributed by atoms with Crippen molar-refractivity contribution in [2.75, 3.05) is 30.4 Å². The molecule has 1 amide bonds. The predicted octanol–water partition coefficient (Wildman–Crippen LogP) is 2.59. The average molecular weight is 353 g/mol. The number of nitrogens with zero attached hydrogens (tertiary/aromatic N) is 1. The number of benzene rings is 1. The Hall–Kier alpha value is -1.40. The van der Waals surface area contributed by atoms with Crippen molar-refractivity contribution in [1.82, 2.24) is 0 Å². The largest absolute Gasteiger partial charge is 0.376 e. The topological polar surface area (TPSA) is 58.6 Å². The Morgan fingerprint density at radius 3 is 2.90 bits per heavy atom. The van der Waals surface area contributed by atoms with Gasteiger partial charge in [-0.1, -0.05) is 0 Å². The highest BCUT2D eigenvalue weighted by atomic mass is 79.9. The third-order valence-electron chi connectivity index (χ3n) is 3.95. The van der Waals surface area contributed by atoms with Gasteiger partial charge < -0.3 is 15.0 Å². The lowest BCUT2D eigenvalue weighted by Crippen LogP contribution is -2.33. The van der Waals surface area contributed by atoms with E-state index in [0.29, 0.717) is 11.3 Å². The Balaban J connectivity index is 1.80. The molecule has 21 heavy (non-hydrogen) atoms. The van der Waals surface area contributed by atoms with Crippen molar-refractivity contribution in [3.05, 3.63) is 22.2 Å². The lowest BCUT2D eigenvalue weighted by Gasteiger charge is -2.29. The van der Waals surface area contributed by atoms with E-state index in [4.69, 9.17) is 4.74 Å². The molecule has 2 heterocycles. The summed E-state index contributed by atoms with van der Waals surface area (Å²) < 4.78 is 6.57. The van der Waals surface area contributed by atoms with Crippen LogP contribution in [0, 0.1) is 0 Å². The molecule has 0 bridgehead atoms. The molecule has 0 saturated carbocycles. The summed E-state index contributed by atoms with van der Waals surface area (Å²) in [6, 6.07) is 3.55. The van der Waals surface area contributed by atoms with Crippen LogP contribution in [0.3, 0.4) is 0 Å². The third-order valence-corrected chi connectivity index (χ3v) is 4.58. The highest BCUT2D eigenvalue weighted by molar-refractivity contribution is 9.10. The number of carbonyl (C=O) groups is 2. The SMILES string of the molecule is CN(CC1CCCCO1)c1cc2c(cc1Br)C(=O)C(=O)N2. The van der Waals surface area contributed by atoms with Crippen LogP contribution >= 0.6 is 15.9 Å². The van der Waals surface area contributed by atoms with Crippen molar-refractivity contribution in [2.45, 2.75) is 25.4 Å². The summed E-state index contributed by atoms with van der Waals surface area (Å²) in [5, 5.41) is 2.61. The van der Waals surface area contributed by atoms with Gasteiger partial charge in [-0.05, 0) is 47.3 Å². The molecule has 1 N–H and O–H groups in total. The molecule has 0 aromatic heterocycles. The summed E-state index contributed by atoms with van der Waals surface area (Å²) in [7, 11) is 1.99. The molecule has 112 valence electrons. The molecule has 1 unspecified atom stereocenters. The van der Waals surface area contributed by atoms with Gasteiger partial charge in [0.05, 0.1) is 23.0 Å². The standard InChI is InChI=1S/C15H17BrN2O3/c1-18(8-9-4-2-3-5-21-9)13-7-12-10(6-11(13)16)14(19)15(20)17-12/h6-7,9H,2-5,8H2,1H3,(H,17,19,20). The van der Waals surface area contributed by atoms with Crippen molar-refractivity contribution < 1.29 is 14.3 Å². The molecule has 0 spiro atoms. The van der Waals surface area contributed by atoms with Crippen LogP contribution in [0.15, 0.2) is 16.6 Å². The monoisotopic (exact) mass is 352 g/mol. The molecule has 2 aliphatic rings. The fraction of sp³-hybridized carbons (Fsp3) is 0.467. The minimum Gasteiger partial charge on any atom is -0.376 e. The Kier molecular flexibility index (Phi) is 3.99. The number of Topliss-reactive ketones (excluding diaryl/α,β-unsaturated/α-hetero) is 1. The Morgan fingerprint density at radius 1 is 1.38 bits per heavy atom. The predicted molar refractivity (Wildman–Crippen MR) is 84.0 cm³/mol. The van der Waals surface area contributed by atoms with Crippen molar-refractivity contribution >= 4 is 39.0 Å². The molecular weight excluding hydrogens is 336 g/mol. The first-order valence-electron chi connectivity index (χ1n) is 7.08. The number of ether oxygens (including phenoxy) is 1. The molecule has 2 aliphatic heterocycles. The van der Waals surface area contributed by atoms with E-state index in [1.807, 2.05) is 13.1 Å². The second kappa shape index (κ2) is 5.77. The molecule has 1 fully saturated rings. The first-order chi connectivity index (χ1) is 10.1. The van der Waals surface area contributed by atoms with Crippen molar-refractivity contribution in [3.8, 4) is 0 Å². The summed E-state index contributed by atoms with van der Waals surface area (Å²) in [6.07, 6.45) is 3.65. The fourth-order valence-electron chi connectivity index (χ4n) is 2.80. The van der Waals surface area contributed by atoms with Crippen molar-refractivity contribution in [1.29, 1.82) is 0 Å². The lowest BCUT2D eigenvalue weighted by atomic mass is 10.1. The van der Waals surface area contributed by atoms with Crippen LogP contribution in [-0.2, 0) is 9.53 Å². The number of rotatable bonds is 3. The molecule has 1 saturated heterocycles. The zero-order valence-electron chi connectivity index (χ0n) is 11.8. The maximum Gasteiger partial charge on any atom is 0.296 e. The zero-order chi connectivity index (χ0) is 15.0. The van der Waals surface area contributed by atoms with Gasteiger partial charge in [0.25, 0.3) is 11.7 Å². The normalized spacial score (nSPS) is 21.1. The van der Waals surface area contributed by atoms with E-state index >= 15 is 0 Å². The quantitative estimate of drug-likeness (QED) is 0.849. The van der Waals surface area contributed by atoms with Gasteiger partial charge in [-0.25, -0.2) is 0 Å². The summed E-state index contributed by atoms with van der Waals surface area (Å²) in [5.74, 6) is -1.04. The van der Waals surface area contributed by atoms with E-state index in [2.05, 4.69) is 26.1 Å². The number of anilines is 2. The molecule has 0 radical (unpaired) electrons. The molecule has 5 nitrogen and oxygen atoms in total. The fourth-order valence-corrected chi connectivity index (χ4v) is 3.45. The third kappa shape index (κ3) is 2.82. The second-order valence-corrected chi connectivity index (χ2v) is 6.36. The molecular formula is C15H17BrN2O3. The minimum atomic E-state index is -0.563. The first-order valence-corrected chi connectivity index (χ1v) is 7.87. The van der Waals surface area contributed by atoms with Crippen LogP contribution in [-0.4, -0.2) is 38.0 Å². The second-order valence-electron chi connectivity index (χ2n) is 5.50. The lowest BCUT2D eigenvalue weighted by molar-refractivity contribution is -0.112. The van der Waals surface area contributed by atoms with Crippen LogP contribution < -0.4 is 10.2 Å². The number of hydrogen-bond donors (Lipinski definition) is 1. The number of nitrogens with one attached hydrogen (secondary N) is 1. The van der Waals surface area contributed by atoms with E-state index < -0.39 is 11.7 Å². The Morgan fingerprint density at radius 2 is 2.19 bits per heavy atom. The van der Waals surface area contributed by atoms with Crippen LogP contribution in [0.25, 0.3) is 0 Å². The maximum atomic E-state index is 11.7. The first kappa shape index (κ1) is 14.5. The zero-order valence-corrected chi connectivity index (χ0v) is 13.4. The summed E-state index contributed by atoms with van der Waals surface area (Å²) in [4.78, 5) is 25.2. The van der Waals surface area contributed by atoms with E-state index in [1.54, 1.807) is 6.07 Å². The van der Waals surface area contributed by atoms with Gasteiger partial charge in [0.15, 0.2) is 0 Å². The van der Waals surface area contributed by atoms with Gasteiger partial charge in [0.2, 0.25) is 0 Å². The van der Waals surface area contributed by atoms with E-state index in [0.717, 1.165) is 36.2 Å². The number of carbonyl (C=O) groups excluding carboxylic acids is 2. The number of amides is 1. The number of fused-ring (bicyclic) bond motifs is 1.